The lowest BCUT2D eigenvalue weighted by atomic mass is 9.94. The number of methoxy groups -OCH3 is 1. The minimum atomic E-state index is -0.318. The van der Waals surface area contributed by atoms with Gasteiger partial charge in [0.05, 0.1) is 25.3 Å². The van der Waals surface area contributed by atoms with Gasteiger partial charge in [-0.1, -0.05) is 17.3 Å². The van der Waals surface area contributed by atoms with Crippen molar-refractivity contribution in [3.05, 3.63) is 46.8 Å². The summed E-state index contributed by atoms with van der Waals surface area (Å²) < 4.78 is 10.2. The summed E-state index contributed by atoms with van der Waals surface area (Å²) in [6.45, 7) is 3.57. The molecule has 3 rings (SSSR count). The number of hydrogen-bond acceptors (Lipinski definition) is 6. The molecule has 2 N–H and O–H groups in total. The van der Waals surface area contributed by atoms with Gasteiger partial charge >= 0.3 is 0 Å². The van der Waals surface area contributed by atoms with Gasteiger partial charge < -0.3 is 24.6 Å². The Labute approximate surface area is 157 Å². The predicted molar refractivity (Wildman–Crippen MR) is 96.4 cm³/mol. The summed E-state index contributed by atoms with van der Waals surface area (Å²) in [6.07, 6.45) is 0. The molecule has 8 heteroatoms. The molecular formula is C19H23N3O5. The van der Waals surface area contributed by atoms with Crippen LogP contribution in [0.4, 0.5) is 0 Å². The monoisotopic (exact) mass is 373 g/mol. The van der Waals surface area contributed by atoms with Gasteiger partial charge in [0.2, 0.25) is 5.91 Å². The Morgan fingerprint density at radius 2 is 2.04 bits per heavy atom. The fourth-order valence-electron chi connectivity index (χ4n) is 3.46. The second-order valence-corrected chi connectivity index (χ2v) is 6.62. The number of aliphatic hydroxyl groups is 1. The van der Waals surface area contributed by atoms with Crippen LogP contribution in [0.1, 0.15) is 40.2 Å². The van der Waals surface area contributed by atoms with Gasteiger partial charge in [-0.25, -0.2) is 0 Å². The predicted octanol–water partition coefficient (Wildman–Crippen LogP) is 1.23. The summed E-state index contributed by atoms with van der Waals surface area (Å²) in [5.74, 6) is 0.634. The van der Waals surface area contributed by atoms with Crippen molar-refractivity contribution >= 4 is 11.8 Å². The first-order valence-corrected chi connectivity index (χ1v) is 8.71. The van der Waals surface area contributed by atoms with E-state index < -0.39 is 0 Å². The summed E-state index contributed by atoms with van der Waals surface area (Å²) in [5, 5.41) is 16.2. The van der Waals surface area contributed by atoms with E-state index in [0.29, 0.717) is 24.4 Å². The third kappa shape index (κ3) is 3.80. The topological polar surface area (TPSA) is 105 Å². The Balaban J connectivity index is 1.85. The minimum Gasteiger partial charge on any atom is -0.497 e. The molecule has 2 heterocycles. The summed E-state index contributed by atoms with van der Waals surface area (Å²) in [6, 6.07) is 7.37. The molecule has 144 valence electrons. The van der Waals surface area contributed by atoms with Gasteiger partial charge in [0.25, 0.3) is 5.91 Å². The molecule has 0 radical (unpaired) electrons. The van der Waals surface area contributed by atoms with Crippen LogP contribution in [0.15, 0.2) is 28.8 Å². The molecule has 1 aromatic carbocycles. The highest BCUT2D eigenvalue weighted by Crippen LogP contribution is 2.30. The first-order chi connectivity index (χ1) is 12.9. The number of amides is 2. The zero-order valence-electron chi connectivity index (χ0n) is 15.6. The largest absolute Gasteiger partial charge is 0.497 e. The van der Waals surface area contributed by atoms with E-state index in [2.05, 4.69) is 10.5 Å². The van der Waals surface area contributed by atoms with E-state index in [-0.39, 0.29) is 36.1 Å². The number of rotatable bonds is 5. The van der Waals surface area contributed by atoms with Crippen molar-refractivity contribution in [1.29, 1.82) is 0 Å². The maximum Gasteiger partial charge on any atom is 0.276 e. The number of carbonyl (C=O) groups is 2. The fourth-order valence-corrected chi connectivity index (χ4v) is 3.46. The standard InChI is InChI=1S/C19H23N3O5/c1-11-16(10-23)18(21-27-11)19(25)22-8-15(17(9-22)20-12(2)24)13-4-6-14(26-3)7-5-13/h4-7,15,17,23H,8-10H2,1-3H3,(H,20,24)/t15-,17+/m0/s1. The lowest BCUT2D eigenvalue weighted by molar-refractivity contribution is -0.119. The van der Waals surface area contributed by atoms with Crippen LogP contribution >= 0.6 is 0 Å². The number of aliphatic hydroxyl groups excluding tert-OH is 1. The smallest absolute Gasteiger partial charge is 0.276 e. The first kappa shape index (κ1) is 18.9. The Morgan fingerprint density at radius 1 is 1.33 bits per heavy atom. The number of nitrogens with zero attached hydrogens (tertiary/aromatic N) is 2. The molecule has 1 saturated heterocycles. The molecule has 0 aliphatic carbocycles. The maximum absolute atomic E-state index is 12.9. The second kappa shape index (κ2) is 7.79. The van der Waals surface area contributed by atoms with Gasteiger partial charge in [-0.05, 0) is 24.6 Å². The summed E-state index contributed by atoms with van der Waals surface area (Å²) in [7, 11) is 1.60. The summed E-state index contributed by atoms with van der Waals surface area (Å²) in [5.41, 5.74) is 1.51. The summed E-state index contributed by atoms with van der Waals surface area (Å²) >= 11 is 0. The Morgan fingerprint density at radius 3 is 2.63 bits per heavy atom. The van der Waals surface area contributed by atoms with Crippen molar-refractivity contribution in [2.75, 3.05) is 20.2 Å². The van der Waals surface area contributed by atoms with Gasteiger partial charge in [-0.15, -0.1) is 0 Å². The van der Waals surface area contributed by atoms with E-state index in [1.807, 2.05) is 24.3 Å². The molecule has 1 aliphatic heterocycles. The van der Waals surface area contributed by atoms with Gasteiger partial charge in [-0.2, -0.15) is 0 Å². The van der Waals surface area contributed by atoms with Crippen LogP contribution in [-0.2, 0) is 11.4 Å². The average Bonchev–Trinajstić information content (AvgIpc) is 3.24. The molecule has 1 aliphatic rings. The molecule has 27 heavy (non-hydrogen) atoms. The zero-order valence-corrected chi connectivity index (χ0v) is 15.6. The van der Waals surface area contributed by atoms with Crippen LogP contribution in [0.3, 0.4) is 0 Å². The number of nitrogens with one attached hydrogen (secondary N) is 1. The fraction of sp³-hybridized carbons (Fsp3) is 0.421. The molecule has 0 unspecified atom stereocenters. The van der Waals surface area contributed by atoms with Crippen molar-refractivity contribution in [3.63, 3.8) is 0 Å². The van der Waals surface area contributed by atoms with Crippen LogP contribution < -0.4 is 10.1 Å². The number of aromatic nitrogens is 1. The van der Waals surface area contributed by atoms with Gasteiger partial charge in [0, 0.05) is 25.9 Å². The van der Waals surface area contributed by atoms with Crippen molar-refractivity contribution in [1.82, 2.24) is 15.4 Å². The van der Waals surface area contributed by atoms with Crippen LogP contribution in [-0.4, -0.2) is 53.2 Å². The molecule has 1 aromatic heterocycles. The summed E-state index contributed by atoms with van der Waals surface area (Å²) in [4.78, 5) is 26.2. The molecular weight excluding hydrogens is 350 g/mol. The minimum absolute atomic E-state index is 0.0608. The van der Waals surface area contributed by atoms with E-state index in [4.69, 9.17) is 9.26 Å². The number of benzene rings is 1. The normalized spacial score (nSPS) is 19.2. The van der Waals surface area contributed by atoms with E-state index in [1.165, 1.54) is 6.92 Å². The van der Waals surface area contributed by atoms with Crippen LogP contribution in [0, 0.1) is 6.92 Å². The maximum atomic E-state index is 12.9. The number of hydrogen-bond donors (Lipinski definition) is 2. The Bertz CT molecular complexity index is 830. The van der Waals surface area contributed by atoms with Crippen LogP contribution in [0.25, 0.3) is 0 Å². The van der Waals surface area contributed by atoms with E-state index in [9.17, 15) is 14.7 Å². The lowest BCUT2D eigenvalue weighted by Gasteiger charge is -2.19. The average molecular weight is 373 g/mol. The molecule has 1 fully saturated rings. The first-order valence-electron chi connectivity index (χ1n) is 8.71. The SMILES string of the molecule is COc1ccc([C@@H]2CN(C(=O)c3noc(C)c3CO)C[C@H]2NC(C)=O)cc1. The van der Waals surface area contributed by atoms with Crippen molar-refractivity contribution in [2.45, 2.75) is 32.4 Å². The highest BCUT2D eigenvalue weighted by Gasteiger charge is 2.38. The third-order valence-corrected chi connectivity index (χ3v) is 4.89. The van der Waals surface area contributed by atoms with Gasteiger partial charge in [0.15, 0.2) is 5.69 Å². The van der Waals surface area contributed by atoms with Gasteiger partial charge in [0.1, 0.15) is 11.5 Å². The van der Waals surface area contributed by atoms with Gasteiger partial charge in [-0.3, -0.25) is 9.59 Å². The highest BCUT2D eigenvalue weighted by atomic mass is 16.5. The van der Waals surface area contributed by atoms with E-state index in [0.717, 1.165) is 11.3 Å². The Hall–Kier alpha value is -2.87. The number of carbonyl (C=O) groups excluding carboxylic acids is 2. The second-order valence-electron chi connectivity index (χ2n) is 6.62. The van der Waals surface area contributed by atoms with Crippen molar-refractivity contribution in [2.24, 2.45) is 0 Å². The van der Waals surface area contributed by atoms with Crippen LogP contribution in [0.5, 0.6) is 5.75 Å². The molecule has 8 nitrogen and oxygen atoms in total. The molecule has 2 atom stereocenters. The van der Waals surface area contributed by atoms with Crippen molar-refractivity contribution < 1.29 is 24.0 Å². The Kier molecular flexibility index (Phi) is 5.46. The third-order valence-electron chi connectivity index (χ3n) is 4.89. The quantitative estimate of drug-likeness (QED) is 0.817. The number of likely N-dealkylation sites (tertiary alicyclic amines) is 1. The molecule has 0 saturated carbocycles. The molecule has 2 aromatic rings. The lowest BCUT2D eigenvalue weighted by Crippen LogP contribution is -2.39. The zero-order chi connectivity index (χ0) is 19.6. The highest BCUT2D eigenvalue weighted by molar-refractivity contribution is 5.94. The molecule has 0 spiro atoms. The van der Waals surface area contributed by atoms with Crippen LogP contribution in [0.2, 0.25) is 0 Å². The molecule has 0 bridgehead atoms. The van der Waals surface area contributed by atoms with Crippen molar-refractivity contribution in [3.8, 4) is 5.75 Å². The van der Waals surface area contributed by atoms with E-state index in [1.54, 1.807) is 18.9 Å². The number of aryl methyl sites for hydroxylation is 1. The number of ether oxygens (including phenoxy) is 1. The molecule has 2 amide bonds. The van der Waals surface area contributed by atoms with E-state index >= 15 is 0 Å².